The van der Waals surface area contributed by atoms with E-state index in [-0.39, 0.29) is 30.3 Å². The van der Waals surface area contributed by atoms with Gasteiger partial charge in [0.2, 0.25) is 0 Å². The summed E-state index contributed by atoms with van der Waals surface area (Å²) in [5.74, 6) is 1.06. The Kier molecular flexibility index (Phi) is 5.54. The second-order valence-corrected chi connectivity index (χ2v) is 6.80. The Hall–Kier alpha value is -3.15. The summed E-state index contributed by atoms with van der Waals surface area (Å²) in [5.41, 5.74) is 2.35. The largest absolute Gasteiger partial charge is 0.484 e. The van der Waals surface area contributed by atoms with Crippen LogP contribution in [0.5, 0.6) is 5.75 Å². The number of benzene rings is 2. The number of ketones is 1. The molecule has 1 atom stereocenters. The Morgan fingerprint density at radius 3 is 2.63 bits per heavy atom. The van der Waals surface area contributed by atoms with Crippen LogP contribution in [0.25, 0.3) is 11.0 Å². The minimum absolute atomic E-state index is 0.0466. The van der Waals surface area contributed by atoms with E-state index in [1.807, 2.05) is 38.1 Å². The van der Waals surface area contributed by atoms with Gasteiger partial charge in [-0.2, -0.15) is 0 Å². The first kappa shape index (κ1) is 18.6. The number of fused-ring (bicyclic) bond motifs is 1. The molecule has 0 aliphatic carbocycles. The molecular weight excluding hydrogens is 342 g/mol. The molecule has 1 aromatic heterocycles. The molecule has 6 heteroatoms. The van der Waals surface area contributed by atoms with Crippen LogP contribution in [0, 0.1) is 5.92 Å². The van der Waals surface area contributed by atoms with Crippen LogP contribution in [-0.2, 0) is 4.79 Å². The van der Waals surface area contributed by atoms with Crippen molar-refractivity contribution in [3.63, 3.8) is 0 Å². The van der Waals surface area contributed by atoms with E-state index in [2.05, 4.69) is 15.3 Å². The van der Waals surface area contributed by atoms with Gasteiger partial charge in [-0.1, -0.05) is 38.1 Å². The van der Waals surface area contributed by atoms with E-state index in [0.717, 1.165) is 16.9 Å². The first-order chi connectivity index (χ1) is 12.9. The summed E-state index contributed by atoms with van der Waals surface area (Å²) in [6.45, 7) is 5.40. The van der Waals surface area contributed by atoms with Crippen molar-refractivity contribution < 1.29 is 14.3 Å². The van der Waals surface area contributed by atoms with Crippen molar-refractivity contribution in [2.24, 2.45) is 5.92 Å². The number of ether oxygens (including phenoxy) is 1. The van der Waals surface area contributed by atoms with Crippen molar-refractivity contribution in [3.8, 4) is 5.75 Å². The SMILES string of the molecule is CC(=O)c1cccc(OCC(=O)N[C@H](c2nc3ccccc3[nH]2)C(C)C)c1. The number of amides is 1. The van der Waals surface area contributed by atoms with Crippen LogP contribution in [0.2, 0.25) is 0 Å². The summed E-state index contributed by atoms with van der Waals surface area (Å²) >= 11 is 0. The molecule has 2 N–H and O–H groups in total. The number of H-pyrrole nitrogens is 1. The Bertz CT molecular complexity index is 929. The number of carbonyl (C=O) groups is 2. The predicted octanol–water partition coefficient (Wildman–Crippen LogP) is 3.66. The highest BCUT2D eigenvalue weighted by Gasteiger charge is 2.22. The van der Waals surface area contributed by atoms with E-state index in [1.165, 1.54) is 6.92 Å². The average molecular weight is 365 g/mol. The zero-order valence-electron chi connectivity index (χ0n) is 15.7. The third-order valence-electron chi connectivity index (χ3n) is 4.30. The van der Waals surface area contributed by atoms with Crippen molar-refractivity contribution in [2.45, 2.75) is 26.8 Å². The van der Waals surface area contributed by atoms with Gasteiger partial charge in [0.05, 0.1) is 17.1 Å². The number of Topliss-reactive ketones (excluding diaryl/α,β-unsaturated/α-hetero) is 1. The quantitative estimate of drug-likeness (QED) is 0.626. The fraction of sp³-hybridized carbons (Fsp3) is 0.286. The lowest BCUT2D eigenvalue weighted by atomic mass is 10.0. The topological polar surface area (TPSA) is 84.1 Å². The minimum atomic E-state index is -0.253. The molecule has 6 nitrogen and oxygen atoms in total. The summed E-state index contributed by atoms with van der Waals surface area (Å²) in [6.07, 6.45) is 0. The van der Waals surface area contributed by atoms with Gasteiger partial charge in [-0.3, -0.25) is 9.59 Å². The third kappa shape index (κ3) is 4.53. The number of nitrogens with zero attached hydrogens (tertiary/aromatic N) is 1. The van der Waals surface area contributed by atoms with Crippen LogP contribution >= 0.6 is 0 Å². The summed E-state index contributed by atoms with van der Waals surface area (Å²) in [4.78, 5) is 31.7. The molecule has 0 aliphatic rings. The molecule has 27 heavy (non-hydrogen) atoms. The van der Waals surface area contributed by atoms with E-state index >= 15 is 0 Å². The average Bonchev–Trinajstić information content (AvgIpc) is 3.08. The maximum absolute atomic E-state index is 12.4. The molecule has 1 heterocycles. The number of hydrogen-bond acceptors (Lipinski definition) is 4. The van der Waals surface area contributed by atoms with Gasteiger partial charge in [0, 0.05) is 5.56 Å². The van der Waals surface area contributed by atoms with Crippen molar-refractivity contribution in [1.82, 2.24) is 15.3 Å². The van der Waals surface area contributed by atoms with Crippen LogP contribution in [0.4, 0.5) is 0 Å². The molecule has 0 saturated carbocycles. The summed E-state index contributed by atoms with van der Waals surface area (Å²) in [5, 5.41) is 2.98. The fourth-order valence-corrected chi connectivity index (χ4v) is 2.84. The normalized spacial score (nSPS) is 12.1. The maximum Gasteiger partial charge on any atom is 0.258 e. The number of imidazole rings is 1. The monoisotopic (exact) mass is 365 g/mol. The fourth-order valence-electron chi connectivity index (χ4n) is 2.84. The van der Waals surface area contributed by atoms with Crippen LogP contribution < -0.4 is 10.1 Å². The second kappa shape index (κ2) is 8.03. The maximum atomic E-state index is 12.4. The number of hydrogen-bond donors (Lipinski definition) is 2. The lowest BCUT2D eigenvalue weighted by molar-refractivity contribution is -0.124. The van der Waals surface area contributed by atoms with Gasteiger partial charge in [0.15, 0.2) is 12.4 Å². The number of para-hydroxylation sites is 2. The Morgan fingerprint density at radius 2 is 1.93 bits per heavy atom. The van der Waals surface area contributed by atoms with Crippen LogP contribution in [0.15, 0.2) is 48.5 Å². The zero-order chi connectivity index (χ0) is 19.4. The van der Waals surface area contributed by atoms with Crippen molar-refractivity contribution in [1.29, 1.82) is 0 Å². The Balaban J connectivity index is 1.67. The summed E-state index contributed by atoms with van der Waals surface area (Å²) in [7, 11) is 0. The molecule has 3 rings (SSSR count). The van der Waals surface area contributed by atoms with Gasteiger partial charge in [0.25, 0.3) is 5.91 Å². The molecule has 140 valence electrons. The number of carbonyl (C=O) groups excluding carboxylic acids is 2. The molecule has 2 aromatic carbocycles. The van der Waals surface area contributed by atoms with Crippen molar-refractivity contribution in [2.75, 3.05) is 6.61 Å². The smallest absolute Gasteiger partial charge is 0.258 e. The molecule has 0 fully saturated rings. The van der Waals surface area contributed by atoms with Crippen molar-refractivity contribution in [3.05, 3.63) is 59.9 Å². The highest BCUT2D eigenvalue weighted by Crippen LogP contribution is 2.22. The van der Waals surface area contributed by atoms with Gasteiger partial charge in [-0.15, -0.1) is 0 Å². The molecule has 0 radical (unpaired) electrons. The van der Waals surface area contributed by atoms with Crippen LogP contribution in [0.1, 0.15) is 43.0 Å². The first-order valence-electron chi connectivity index (χ1n) is 8.92. The summed E-state index contributed by atoms with van der Waals surface area (Å²) < 4.78 is 5.54. The van der Waals surface area contributed by atoms with Gasteiger partial charge >= 0.3 is 0 Å². The highest BCUT2D eigenvalue weighted by atomic mass is 16.5. The molecule has 0 bridgehead atoms. The molecule has 0 saturated heterocycles. The van der Waals surface area contributed by atoms with E-state index < -0.39 is 0 Å². The molecule has 0 aliphatic heterocycles. The van der Waals surface area contributed by atoms with Crippen LogP contribution in [0.3, 0.4) is 0 Å². The third-order valence-corrected chi connectivity index (χ3v) is 4.30. The second-order valence-electron chi connectivity index (χ2n) is 6.80. The molecule has 1 amide bonds. The lowest BCUT2D eigenvalue weighted by Crippen LogP contribution is -2.35. The molecule has 0 spiro atoms. The van der Waals surface area contributed by atoms with Gasteiger partial charge in [-0.05, 0) is 37.1 Å². The summed E-state index contributed by atoms with van der Waals surface area (Å²) in [6, 6.07) is 14.3. The molecule has 3 aromatic rings. The molecular formula is C21H23N3O3. The standard InChI is InChI=1S/C21H23N3O3/c1-13(2)20(21-22-17-9-4-5-10-18(17)23-21)24-19(26)12-27-16-8-6-7-15(11-16)14(3)25/h4-11,13,20H,12H2,1-3H3,(H,22,23)(H,24,26)/t20-/m0/s1. The Morgan fingerprint density at radius 1 is 1.15 bits per heavy atom. The predicted molar refractivity (Wildman–Crippen MR) is 104 cm³/mol. The minimum Gasteiger partial charge on any atom is -0.484 e. The van der Waals surface area contributed by atoms with Gasteiger partial charge in [-0.25, -0.2) is 4.98 Å². The van der Waals surface area contributed by atoms with Crippen molar-refractivity contribution >= 4 is 22.7 Å². The Labute approximate surface area is 158 Å². The van der Waals surface area contributed by atoms with Gasteiger partial charge in [0.1, 0.15) is 11.6 Å². The van der Waals surface area contributed by atoms with E-state index in [4.69, 9.17) is 4.74 Å². The van der Waals surface area contributed by atoms with E-state index in [0.29, 0.717) is 11.3 Å². The van der Waals surface area contributed by atoms with E-state index in [9.17, 15) is 9.59 Å². The first-order valence-corrected chi connectivity index (χ1v) is 8.92. The van der Waals surface area contributed by atoms with E-state index in [1.54, 1.807) is 24.3 Å². The lowest BCUT2D eigenvalue weighted by Gasteiger charge is -2.20. The van der Waals surface area contributed by atoms with Crippen LogP contribution in [-0.4, -0.2) is 28.3 Å². The number of rotatable bonds is 7. The van der Waals surface area contributed by atoms with Gasteiger partial charge < -0.3 is 15.0 Å². The number of aromatic amines is 1. The highest BCUT2D eigenvalue weighted by molar-refractivity contribution is 5.94. The number of nitrogens with one attached hydrogen (secondary N) is 2. The number of aromatic nitrogens is 2. The zero-order valence-corrected chi connectivity index (χ0v) is 15.7. The molecule has 0 unspecified atom stereocenters.